The Labute approximate surface area is 107 Å². The molecule has 0 spiro atoms. The molecular formula is C14H19NO3. The van der Waals surface area contributed by atoms with Gasteiger partial charge in [-0.2, -0.15) is 0 Å². The Hall–Kier alpha value is -1.84. The van der Waals surface area contributed by atoms with Crippen LogP contribution in [-0.2, 0) is 9.59 Å². The molecule has 1 atom stereocenters. The zero-order chi connectivity index (χ0) is 13.5. The fourth-order valence-electron chi connectivity index (χ4n) is 1.38. The average Bonchev–Trinajstić information content (AvgIpc) is 2.28. The van der Waals surface area contributed by atoms with Crippen LogP contribution in [0.3, 0.4) is 0 Å². The monoisotopic (exact) mass is 249 g/mol. The van der Waals surface area contributed by atoms with Crippen LogP contribution < -0.4 is 10.1 Å². The topological polar surface area (TPSA) is 55.4 Å². The summed E-state index contributed by atoms with van der Waals surface area (Å²) in [6.07, 6.45) is 0.242. The zero-order valence-electron chi connectivity index (χ0n) is 11.0. The van der Waals surface area contributed by atoms with E-state index in [4.69, 9.17) is 4.74 Å². The molecule has 0 heterocycles. The van der Waals surface area contributed by atoms with Crippen molar-refractivity contribution < 1.29 is 14.3 Å². The highest BCUT2D eigenvalue weighted by atomic mass is 16.5. The maximum Gasteiger partial charge on any atom is 0.223 e. The number of aryl methyl sites for hydroxylation is 1. The molecule has 1 unspecified atom stereocenters. The molecule has 0 saturated carbocycles. The third kappa shape index (κ3) is 4.99. The standard InChI is InChI=1S/C14H19NO3/c1-10-5-4-6-13(9-10)18-8-7-14(17)15-11(2)12(3)16/h4-6,9,11H,7-8H2,1-3H3,(H,15,17). The predicted octanol–water partition coefficient (Wildman–Crippen LogP) is 1.86. The molecule has 0 aromatic heterocycles. The molecule has 1 amide bonds. The molecule has 0 aliphatic carbocycles. The van der Waals surface area contributed by atoms with E-state index in [1.54, 1.807) is 6.92 Å². The van der Waals surface area contributed by atoms with Crippen LogP contribution >= 0.6 is 0 Å². The molecule has 0 fully saturated rings. The van der Waals surface area contributed by atoms with Crippen LogP contribution in [0.2, 0.25) is 0 Å². The smallest absolute Gasteiger partial charge is 0.223 e. The van der Waals surface area contributed by atoms with Gasteiger partial charge < -0.3 is 10.1 Å². The van der Waals surface area contributed by atoms with Gasteiger partial charge in [0.1, 0.15) is 5.75 Å². The van der Waals surface area contributed by atoms with Crippen LogP contribution in [0, 0.1) is 6.92 Å². The van der Waals surface area contributed by atoms with Gasteiger partial charge in [0.05, 0.1) is 19.1 Å². The molecule has 1 aromatic rings. The molecule has 0 bridgehead atoms. The summed E-state index contributed by atoms with van der Waals surface area (Å²) in [4.78, 5) is 22.4. The highest BCUT2D eigenvalue weighted by Crippen LogP contribution is 2.12. The Morgan fingerprint density at radius 2 is 2.11 bits per heavy atom. The number of benzene rings is 1. The zero-order valence-corrected chi connectivity index (χ0v) is 11.0. The van der Waals surface area contributed by atoms with Crippen LogP contribution in [-0.4, -0.2) is 24.3 Å². The maximum atomic E-state index is 11.5. The number of hydrogen-bond donors (Lipinski definition) is 1. The molecule has 4 nitrogen and oxygen atoms in total. The lowest BCUT2D eigenvalue weighted by Crippen LogP contribution is -2.37. The van der Waals surface area contributed by atoms with Crippen molar-refractivity contribution in [1.29, 1.82) is 0 Å². The average molecular weight is 249 g/mol. The minimum absolute atomic E-state index is 0.0528. The van der Waals surface area contributed by atoms with Crippen LogP contribution in [0.5, 0.6) is 5.75 Å². The summed E-state index contributed by atoms with van der Waals surface area (Å²) in [6, 6.07) is 7.21. The first-order valence-corrected chi connectivity index (χ1v) is 5.98. The van der Waals surface area contributed by atoms with Crippen molar-refractivity contribution >= 4 is 11.7 Å². The quantitative estimate of drug-likeness (QED) is 0.837. The first-order valence-electron chi connectivity index (χ1n) is 5.98. The third-order valence-electron chi connectivity index (χ3n) is 2.57. The molecule has 0 aliphatic rings. The fraction of sp³-hybridized carbons (Fsp3) is 0.429. The molecular weight excluding hydrogens is 230 g/mol. The van der Waals surface area contributed by atoms with Gasteiger partial charge in [0.15, 0.2) is 5.78 Å². The van der Waals surface area contributed by atoms with E-state index in [0.717, 1.165) is 11.3 Å². The van der Waals surface area contributed by atoms with Gasteiger partial charge in [-0.25, -0.2) is 0 Å². The number of rotatable bonds is 6. The van der Waals surface area contributed by atoms with Crippen LogP contribution in [0.1, 0.15) is 25.8 Å². The van der Waals surface area contributed by atoms with Gasteiger partial charge in [0.2, 0.25) is 5.91 Å². The van der Waals surface area contributed by atoms with Crippen molar-refractivity contribution in [2.24, 2.45) is 0 Å². The Bertz CT molecular complexity index is 429. The molecule has 0 radical (unpaired) electrons. The van der Waals surface area contributed by atoms with Gasteiger partial charge in [-0.15, -0.1) is 0 Å². The normalized spacial score (nSPS) is 11.7. The number of carbonyl (C=O) groups excluding carboxylic acids is 2. The summed E-state index contributed by atoms with van der Waals surface area (Å²) in [6.45, 7) is 5.41. The summed E-state index contributed by atoms with van der Waals surface area (Å²) in [5.41, 5.74) is 1.11. The van der Waals surface area contributed by atoms with Gasteiger partial charge in [0.25, 0.3) is 0 Å². The van der Waals surface area contributed by atoms with E-state index in [0.29, 0.717) is 6.61 Å². The van der Waals surface area contributed by atoms with Crippen molar-refractivity contribution in [2.75, 3.05) is 6.61 Å². The van der Waals surface area contributed by atoms with Crippen molar-refractivity contribution in [1.82, 2.24) is 5.32 Å². The van der Waals surface area contributed by atoms with E-state index in [2.05, 4.69) is 5.32 Å². The molecule has 0 aliphatic heterocycles. The number of Topliss-reactive ketones (excluding diaryl/α,β-unsaturated/α-hetero) is 1. The lowest BCUT2D eigenvalue weighted by Gasteiger charge is -2.11. The lowest BCUT2D eigenvalue weighted by atomic mass is 10.2. The second kappa shape index (κ2) is 6.79. The van der Waals surface area contributed by atoms with E-state index in [1.807, 2.05) is 31.2 Å². The Morgan fingerprint density at radius 3 is 2.72 bits per heavy atom. The molecule has 18 heavy (non-hydrogen) atoms. The second-order valence-electron chi connectivity index (χ2n) is 4.31. The summed E-state index contributed by atoms with van der Waals surface area (Å²) in [7, 11) is 0. The summed E-state index contributed by atoms with van der Waals surface area (Å²) < 4.78 is 5.45. The van der Waals surface area contributed by atoms with Gasteiger partial charge >= 0.3 is 0 Å². The van der Waals surface area contributed by atoms with Gasteiger partial charge in [-0.3, -0.25) is 9.59 Å². The number of ether oxygens (including phenoxy) is 1. The summed E-state index contributed by atoms with van der Waals surface area (Å²) >= 11 is 0. The lowest BCUT2D eigenvalue weighted by molar-refractivity contribution is -0.126. The third-order valence-corrected chi connectivity index (χ3v) is 2.57. The van der Waals surface area contributed by atoms with E-state index in [9.17, 15) is 9.59 Å². The highest BCUT2D eigenvalue weighted by Gasteiger charge is 2.10. The molecule has 4 heteroatoms. The number of carbonyl (C=O) groups is 2. The van der Waals surface area contributed by atoms with E-state index in [-0.39, 0.29) is 18.1 Å². The van der Waals surface area contributed by atoms with Crippen LogP contribution in [0.15, 0.2) is 24.3 Å². The second-order valence-corrected chi connectivity index (χ2v) is 4.31. The van der Waals surface area contributed by atoms with Crippen LogP contribution in [0.4, 0.5) is 0 Å². The number of ketones is 1. The van der Waals surface area contributed by atoms with E-state index < -0.39 is 6.04 Å². The number of hydrogen-bond acceptors (Lipinski definition) is 3. The van der Waals surface area contributed by atoms with Crippen molar-refractivity contribution in [2.45, 2.75) is 33.2 Å². The minimum Gasteiger partial charge on any atom is -0.493 e. The van der Waals surface area contributed by atoms with Crippen LogP contribution in [0.25, 0.3) is 0 Å². The SMILES string of the molecule is CC(=O)C(C)NC(=O)CCOc1cccc(C)c1. The van der Waals surface area contributed by atoms with Crippen molar-refractivity contribution in [3.05, 3.63) is 29.8 Å². The number of amides is 1. The first kappa shape index (κ1) is 14.2. The molecule has 1 aromatic carbocycles. The van der Waals surface area contributed by atoms with Gasteiger partial charge in [-0.1, -0.05) is 12.1 Å². The molecule has 1 rings (SSSR count). The largest absolute Gasteiger partial charge is 0.493 e. The molecule has 98 valence electrons. The first-order chi connectivity index (χ1) is 8.49. The fourth-order valence-corrected chi connectivity index (χ4v) is 1.38. The van der Waals surface area contributed by atoms with E-state index in [1.165, 1.54) is 6.92 Å². The predicted molar refractivity (Wildman–Crippen MR) is 69.6 cm³/mol. The van der Waals surface area contributed by atoms with Crippen molar-refractivity contribution in [3.63, 3.8) is 0 Å². The Morgan fingerprint density at radius 1 is 1.39 bits per heavy atom. The highest BCUT2D eigenvalue weighted by molar-refractivity contribution is 5.87. The Kier molecular flexibility index (Phi) is 5.36. The van der Waals surface area contributed by atoms with Gasteiger partial charge in [0, 0.05) is 0 Å². The minimum atomic E-state index is -0.434. The Balaban J connectivity index is 2.29. The molecule has 0 saturated heterocycles. The summed E-state index contributed by atoms with van der Waals surface area (Å²) in [5.74, 6) is 0.524. The number of nitrogens with one attached hydrogen (secondary N) is 1. The maximum absolute atomic E-state index is 11.5. The molecule has 1 N–H and O–H groups in total. The summed E-state index contributed by atoms with van der Waals surface area (Å²) in [5, 5.41) is 2.61. The van der Waals surface area contributed by atoms with Gasteiger partial charge in [-0.05, 0) is 38.5 Å². The van der Waals surface area contributed by atoms with E-state index >= 15 is 0 Å². The van der Waals surface area contributed by atoms with Crippen molar-refractivity contribution in [3.8, 4) is 5.75 Å².